The van der Waals surface area contributed by atoms with Gasteiger partial charge in [0.05, 0.1) is 5.69 Å². The number of hydrogen-bond acceptors (Lipinski definition) is 3. The van der Waals surface area contributed by atoms with Crippen LogP contribution in [0.4, 0.5) is 5.82 Å². The number of anilines is 1. The lowest BCUT2D eigenvalue weighted by atomic mass is 10.1. The highest BCUT2D eigenvalue weighted by molar-refractivity contribution is 5.92. The van der Waals surface area contributed by atoms with Gasteiger partial charge in [-0.15, -0.1) is 0 Å². The molecule has 1 amide bonds. The van der Waals surface area contributed by atoms with E-state index in [1.807, 2.05) is 45.3 Å². The van der Waals surface area contributed by atoms with E-state index in [0.717, 1.165) is 16.8 Å². The van der Waals surface area contributed by atoms with Crippen molar-refractivity contribution in [2.75, 3.05) is 18.9 Å². The summed E-state index contributed by atoms with van der Waals surface area (Å²) in [5.41, 5.74) is 3.11. The van der Waals surface area contributed by atoms with Crippen LogP contribution in [0.1, 0.15) is 12.5 Å². The van der Waals surface area contributed by atoms with E-state index >= 15 is 0 Å². The SMILES string of the molecule is CNCC(C)C(=O)Nc1cc(-c2ccccc2C)nn1C. The Morgan fingerprint density at radius 3 is 2.76 bits per heavy atom. The van der Waals surface area contributed by atoms with Gasteiger partial charge < -0.3 is 10.6 Å². The van der Waals surface area contributed by atoms with Gasteiger partial charge in [0.25, 0.3) is 0 Å². The van der Waals surface area contributed by atoms with Gasteiger partial charge in [0.1, 0.15) is 5.82 Å². The fourth-order valence-corrected chi connectivity index (χ4v) is 2.22. The maximum atomic E-state index is 12.1. The van der Waals surface area contributed by atoms with Gasteiger partial charge in [0.2, 0.25) is 5.91 Å². The molecule has 1 unspecified atom stereocenters. The van der Waals surface area contributed by atoms with Crippen LogP contribution >= 0.6 is 0 Å². The van der Waals surface area contributed by atoms with Crippen molar-refractivity contribution in [3.8, 4) is 11.3 Å². The smallest absolute Gasteiger partial charge is 0.229 e. The Morgan fingerprint density at radius 1 is 1.38 bits per heavy atom. The highest BCUT2D eigenvalue weighted by atomic mass is 16.2. The van der Waals surface area contributed by atoms with Gasteiger partial charge in [-0.25, -0.2) is 0 Å². The Kier molecular flexibility index (Phi) is 4.75. The van der Waals surface area contributed by atoms with Crippen LogP contribution in [0.25, 0.3) is 11.3 Å². The number of carbonyl (C=O) groups excluding carboxylic acids is 1. The third-order valence-electron chi connectivity index (χ3n) is 3.51. The molecule has 2 N–H and O–H groups in total. The molecule has 5 nitrogen and oxygen atoms in total. The summed E-state index contributed by atoms with van der Waals surface area (Å²) >= 11 is 0. The maximum absolute atomic E-state index is 12.1. The zero-order chi connectivity index (χ0) is 15.4. The van der Waals surface area contributed by atoms with Gasteiger partial charge in [0, 0.05) is 31.1 Å². The zero-order valence-electron chi connectivity index (χ0n) is 13.0. The first-order valence-corrected chi connectivity index (χ1v) is 7.08. The van der Waals surface area contributed by atoms with E-state index < -0.39 is 0 Å². The van der Waals surface area contributed by atoms with E-state index in [0.29, 0.717) is 12.4 Å². The second-order valence-corrected chi connectivity index (χ2v) is 5.30. The lowest BCUT2D eigenvalue weighted by molar-refractivity contribution is -0.119. The first kappa shape index (κ1) is 15.3. The van der Waals surface area contributed by atoms with E-state index in [1.165, 1.54) is 0 Å². The summed E-state index contributed by atoms with van der Waals surface area (Å²) < 4.78 is 1.70. The van der Waals surface area contributed by atoms with Crippen molar-refractivity contribution < 1.29 is 4.79 Å². The van der Waals surface area contributed by atoms with Crippen molar-refractivity contribution >= 4 is 11.7 Å². The normalized spacial score (nSPS) is 12.2. The average molecular weight is 286 g/mol. The molecule has 0 bridgehead atoms. The van der Waals surface area contributed by atoms with E-state index in [1.54, 1.807) is 4.68 Å². The Balaban J connectivity index is 2.20. The molecule has 21 heavy (non-hydrogen) atoms. The van der Waals surface area contributed by atoms with Gasteiger partial charge >= 0.3 is 0 Å². The largest absolute Gasteiger partial charge is 0.319 e. The number of carbonyl (C=O) groups is 1. The van der Waals surface area contributed by atoms with E-state index in [4.69, 9.17) is 0 Å². The van der Waals surface area contributed by atoms with Gasteiger partial charge in [-0.05, 0) is 19.5 Å². The summed E-state index contributed by atoms with van der Waals surface area (Å²) in [6.45, 7) is 4.59. The predicted octanol–water partition coefficient (Wildman–Crippen LogP) is 2.19. The third kappa shape index (κ3) is 3.49. The van der Waals surface area contributed by atoms with Gasteiger partial charge in [-0.3, -0.25) is 9.48 Å². The Morgan fingerprint density at radius 2 is 2.10 bits per heavy atom. The fourth-order valence-electron chi connectivity index (χ4n) is 2.22. The highest BCUT2D eigenvalue weighted by Gasteiger charge is 2.15. The molecule has 0 spiro atoms. The molecule has 5 heteroatoms. The number of rotatable bonds is 5. The molecular formula is C16H22N4O. The molecule has 2 rings (SSSR count). The van der Waals surface area contributed by atoms with E-state index in [9.17, 15) is 4.79 Å². The minimum absolute atomic E-state index is 0.0105. The standard InChI is InChI=1S/C16H22N4O/c1-11-7-5-6-8-13(11)14-9-15(20(4)19-14)18-16(21)12(2)10-17-3/h5-9,12,17H,10H2,1-4H3,(H,18,21). The topological polar surface area (TPSA) is 59.0 Å². The second kappa shape index (κ2) is 6.54. The van der Waals surface area contributed by atoms with Crippen molar-refractivity contribution in [1.29, 1.82) is 0 Å². The van der Waals surface area contributed by atoms with Crippen molar-refractivity contribution in [3.63, 3.8) is 0 Å². The Bertz CT molecular complexity index is 633. The number of aromatic nitrogens is 2. The van der Waals surface area contributed by atoms with Crippen LogP contribution in [0.15, 0.2) is 30.3 Å². The molecule has 0 saturated heterocycles. The summed E-state index contributed by atoms with van der Waals surface area (Å²) in [5.74, 6) is 0.608. The van der Waals surface area contributed by atoms with Crippen LogP contribution < -0.4 is 10.6 Å². The van der Waals surface area contributed by atoms with Gasteiger partial charge in [-0.1, -0.05) is 31.2 Å². The summed E-state index contributed by atoms with van der Waals surface area (Å²) in [7, 11) is 3.67. The van der Waals surface area contributed by atoms with Crippen molar-refractivity contribution in [1.82, 2.24) is 15.1 Å². The summed E-state index contributed by atoms with van der Waals surface area (Å²) in [4.78, 5) is 12.1. The molecule has 0 radical (unpaired) electrons. The van der Waals surface area contributed by atoms with Gasteiger partial charge in [0.15, 0.2) is 0 Å². The number of nitrogens with zero attached hydrogens (tertiary/aromatic N) is 2. The molecule has 1 heterocycles. The van der Waals surface area contributed by atoms with Crippen LogP contribution in [-0.2, 0) is 11.8 Å². The third-order valence-corrected chi connectivity index (χ3v) is 3.51. The number of aryl methyl sites for hydroxylation is 2. The van der Waals surface area contributed by atoms with Crippen molar-refractivity contribution in [3.05, 3.63) is 35.9 Å². The Labute approximate surface area is 125 Å². The molecule has 2 aromatic rings. The Hall–Kier alpha value is -2.14. The zero-order valence-corrected chi connectivity index (χ0v) is 13.0. The van der Waals surface area contributed by atoms with Crippen LogP contribution in [0.2, 0.25) is 0 Å². The second-order valence-electron chi connectivity index (χ2n) is 5.30. The van der Waals surface area contributed by atoms with Crippen LogP contribution in [0.5, 0.6) is 0 Å². The fraction of sp³-hybridized carbons (Fsp3) is 0.375. The number of nitrogens with one attached hydrogen (secondary N) is 2. The lowest BCUT2D eigenvalue weighted by Gasteiger charge is -2.11. The first-order valence-electron chi connectivity index (χ1n) is 7.08. The predicted molar refractivity (Wildman–Crippen MR) is 85.1 cm³/mol. The molecule has 112 valence electrons. The quantitative estimate of drug-likeness (QED) is 0.886. The number of amides is 1. The monoisotopic (exact) mass is 286 g/mol. The molecular weight excluding hydrogens is 264 g/mol. The van der Waals surface area contributed by atoms with Crippen LogP contribution in [0, 0.1) is 12.8 Å². The lowest BCUT2D eigenvalue weighted by Crippen LogP contribution is -2.29. The van der Waals surface area contributed by atoms with Crippen LogP contribution in [-0.4, -0.2) is 29.3 Å². The first-order chi connectivity index (χ1) is 10.0. The van der Waals surface area contributed by atoms with E-state index in [2.05, 4.69) is 28.7 Å². The maximum Gasteiger partial charge on any atom is 0.229 e. The molecule has 1 atom stereocenters. The number of hydrogen-bond donors (Lipinski definition) is 2. The molecule has 0 aliphatic rings. The number of benzene rings is 1. The summed E-state index contributed by atoms with van der Waals surface area (Å²) in [6, 6.07) is 9.99. The van der Waals surface area contributed by atoms with Crippen LogP contribution in [0.3, 0.4) is 0 Å². The highest BCUT2D eigenvalue weighted by Crippen LogP contribution is 2.24. The van der Waals surface area contributed by atoms with E-state index in [-0.39, 0.29) is 11.8 Å². The molecule has 0 saturated carbocycles. The minimum atomic E-state index is -0.0909. The molecule has 0 aliphatic carbocycles. The van der Waals surface area contributed by atoms with Crippen molar-refractivity contribution in [2.24, 2.45) is 13.0 Å². The average Bonchev–Trinajstić information content (AvgIpc) is 2.80. The molecule has 1 aromatic carbocycles. The molecule has 0 aliphatic heterocycles. The van der Waals surface area contributed by atoms with Gasteiger partial charge in [-0.2, -0.15) is 5.10 Å². The van der Waals surface area contributed by atoms with Crippen molar-refractivity contribution in [2.45, 2.75) is 13.8 Å². The summed E-state index contributed by atoms with van der Waals surface area (Å²) in [6.07, 6.45) is 0. The molecule has 1 aromatic heterocycles. The summed E-state index contributed by atoms with van der Waals surface area (Å²) in [5, 5.41) is 10.4. The molecule has 0 fully saturated rings. The minimum Gasteiger partial charge on any atom is -0.319 e.